The number of carbonyl (C=O) groups is 1. The Morgan fingerprint density at radius 2 is 2.25 bits per heavy atom. The minimum atomic E-state index is 0.0494. The van der Waals surface area contributed by atoms with Crippen LogP contribution < -0.4 is 10.6 Å². The smallest absolute Gasteiger partial charge is 0.221 e. The van der Waals surface area contributed by atoms with Gasteiger partial charge in [-0.1, -0.05) is 6.92 Å². The summed E-state index contributed by atoms with van der Waals surface area (Å²) in [4.78, 5) is 11.0. The molecule has 1 aromatic heterocycles. The molecule has 0 bridgehead atoms. The summed E-state index contributed by atoms with van der Waals surface area (Å²) in [5, 5.41) is 5.84. The highest BCUT2D eigenvalue weighted by Crippen LogP contribution is 2.16. The first-order chi connectivity index (χ1) is 7.67. The number of furan rings is 1. The Hall–Kier alpha value is -1.29. The van der Waals surface area contributed by atoms with E-state index in [1.54, 1.807) is 7.05 Å². The van der Waals surface area contributed by atoms with E-state index in [9.17, 15) is 4.79 Å². The van der Waals surface area contributed by atoms with E-state index in [1.807, 2.05) is 19.1 Å². The highest BCUT2D eigenvalue weighted by molar-refractivity contribution is 5.75. The van der Waals surface area contributed by atoms with E-state index in [1.165, 1.54) is 0 Å². The second kappa shape index (κ2) is 6.33. The van der Waals surface area contributed by atoms with Crippen LogP contribution in [0.3, 0.4) is 0 Å². The molecule has 0 saturated heterocycles. The van der Waals surface area contributed by atoms with Crippen LogP contribution in [0.4, 0.5) is 0 Å². The molecule has 0 saturated carbocycles. The second-order valence-corrected chi connectivity index (χ2v) is 3.76. The van der Waals surface area contributed by atoms with Crippen molar-refractivity contribution in [3.8, 4) is 0 Å². The van der Waals surface area contributed by atoms with E-state index in [0.717, 1.165) is 17.9 Å². The molecule has 0 radical (unpaired) electrons. The van der Waals surface area contributed by atoms with Gasteiger partial charge in [0.25, 0.3) is 0 Å². The number of carbonyl (C=O) groups excluding carboxylic acids is 1. The molecule has 16 heavy (non-hydrogen) atoms. The summed E-state index contributed by atoms with van der Waals surface area (Å²) in [6.45, 7) is 4.75. The quantitative estimate of drug-likeness (QED) is 0.772. The van der Waals surface area contributed by atoms with Crippen molar-refractivity contribution in [3.05, 3.63) is 23.7 Å². The molecule has 1 heterocycles. The van der Waals surface area contributed by atoms with E-state index in [2.05, 4.69) is 17.6 Å². The van der Waals surface area contributed by atoms with Crippen molar-refractivity contribution in [2.75, 3.05) is 13.6 Å². The molecule has 0 aliphatic carbocycles. The Bertz CT molecular complexity index is 334. The average Bonchev–Trinajstić information content (AvgIpc) is 2.77. The average molecular weight is 224 g/mol. The van der Waals surface area contributed by atoms with Crippen molar-refractivity contribution >= 4 is 5.91 Å². The van der Waals surface area contributed by atoms with Gasteiger partial charge in [-0.25, -0.2) is 0 Å². The normalized spacial score (nSPS) is 12.4. The molecule has 1 unspecified atom stereocenters. The predicted molar refractivity (Wildman–Crippen MR) is 63.2 cm³/mol. The molecule has 1 amide bonds. The summed E-state index contributed by atoms with van der Waals surface area (Å²) in [5.74, 6) is 1.97. The zero-order chi connectivity index (χ0) is 12.0. The number of aryl methyl sites for hydroxylation is 1. The van der Waals surface area contributed by atoms with Gasteiger partial charge < -0.3 is 15.1 Å². The van der Waals surface area contributed by atoms with Gasteiger partial charge in [-0.2, -0.15) is 0 Å². The fourth-order valence-corrected chi connectivity index (χ4v) is 1.45. The maximum atomic E-state index is 11.0. The van der Waals surface area contributed by atoms with Crippen molar-refractivity contribution in [3.63, 3.8) is 0 Å². The van der Waals surface area contributed by atoms with Gasteiger partial charge in [0.15, 0.2) is 0 Å². The van der Waals surface area contributed by atoms with Crippen molar-refractivity contribution in [1.29, 1.82) is 0 Å². The molecule has 0 fully saturated rings. The molecule has 1 rings (SSSR count). The van der Waals surface area contributed by atoms with Crippen LogP contribution in [0.5, 0.6) is 0 Å². The van der Waals surface area contributed by atoms with Crippen molar-refractivity contribution < 1.29 is 9.21 Å². The van der Waals surface area contributed by atoms with Gasteiger partial charge >= 0.3 is 0 Å². The van der Waals surface area contributed by atoms with E-state index in [-0.39, 0.29) is 11.9 Å². The highest BCUT2D eigenvalue weighted by Gasteiger charge is 2.09. The fourth-order valence-electron chi connectivity index (χ4n) is 1.45. The molecule has 2 N–H and O–H groups in total. The Balaban J connectivity index is 2.34. The Morgan fingerprint density at radius 1 is 1.50 bits per heavy atom. The number of rotatable bonds is 6. The third-order valence-electron chi connectivity index (χ3n) is 2.54. The molecule has 1 aromatic rings. The van der Waals surface area contributed by atoms with E-state index in [4.69, 9.17) is 4.42 Å². The standard InChI is InChI=1S/C12H20N2O2/c1-4-10-5-6-11(16-10)9(2)14-8-7-12(15)13-3/h5-6,9,14H,4,7-8H2,1-3H3,(H,13,15). The molecule has 0 aliphatic heterocycles. The van der Waals surface area contributed by atoms with Crippen LogP contribution in [0.25, 0.3) is 0 Å². The van der Waals surface area contributed by atoms with Crippen molar-refractivity contribution in [1.82, 2.24) is 10.6 Å². The molecule has 0 spiro atoms. The van der Waals surface area contributed by atoms with Crippen LogP contribution in [0.1, 0.15) is 37.8 Å². The third-order valence-corrected chi connectivity index (χ3v) is 2.54. The number of hydrogen-bond donors (Lipinski definition) is 2. The van der Waals surface area contributed by atoms with Gasteiger partial charge in [-0.05, 0) is 19.1 Å². The lowest BCUT2D eigenvalue weighted by atomic mass is 10.2. The maximum absolute atomic E-state index is 11.0. The van der Waals surface area contributed by atoms with Gasteiger partial charge in [0, 0.05) is 26.4 Å². The van der Waals surface area contributed by atoms with Gasteiger partial charge in [0.05, 0.1) is 6.04 Å². The van der Waals surface area contributed by atoms with Crippen LogP contribution in [0, 0.1) is 0 Å². The first-order valence-electron chi connectivity index (χ1n) is 5.70. The molecule has 0 aromatic carbocycles. The topological polar surface area (TPSA) is 54.3 Å². The zero-order valence-corrected chi connectivity index (χ0v) is 10.2. The van der Waals surface area contributed by atoms with Crippen LogP contribution in [0.2, 0.25) is 0 Å². The first-order valence-corrected chi connectivity index (χ1v) is 5.70. The van der Waals surface area contributed by atoms with Gasteiger partial charge in [-0.3, -0.25) is 4.79 Å². The lowest BCUT2D eigenvalue weighted by Gasteiger charge is -2.10. The van der Waals surface area contributed by atoms with Gasteiger partial charge in [-0.15, -0.1) is 0 Å². The van der Waals surface area contributed by atoms with Crippen molar-refractivity contribution in [2.24, 2.45) is 0 Å². The lowest BCUT2D eigenvalue weighted by molar-refractivity contribution is -0.120. The monoisotopic (exact) mass is 224 g/mol. The minimum absolute atomic E-state index is 0.0494. The van der Waals surface area contributed by atoms with Crippen LogP contribution in [0.15, 0.2) is 16.5 Å². The lowest BCUT2D eigenvalue weighted by Crippen LogP contribution is -2.26. The fraction of sp³-hybridized carbons (Fsp3) is 0.583. The SMILES string of the molecule is CCc1ccc(C(C)NCCC(=O)NC)o1. The Kier molecular flexibility index (Phi) is 5.05. The second-order valence-electron chi connectivity index (χ2n) is 3.76. The van der Waals surface area contributed by atoms with E-state index < -0.39 is 0 Å². The van der Waals surface area contributed by atoms with Gasteiger partial charge in [0.1, 0.15) is 11.5 Å². The van der Waals surface area contributed by atoms with Crippen molar-refractivity contribution in [2.45, 2.75) is 32.7 Å². The van der Waals surface area contributed by atoms with E-state index >= 15 is 0 Å². The Labute approximate surface area is 96.4 Å². The summed E-state index contributed by atoms with van der Waals surface area (Å²) in [6.07, 6.45) is 1.40. The first kappa shape index (κ1) is 12.8. The number of nitrogens with one attached hydrogen (secondary N) is 2. The third kappa shape index (κ3) is 3.70. The zero-order valence-electron chi connectivity index (χ0n) is 10.2. The molecule has 0 aliphatic rings. The summed E-state index contributed by atoms with van der Waals surface area (Å²) < 4.78 is 5.62. The van der Waals surface area contributed by atoms with Gasteiger partial charge in [0.2, 0.25) is 5.91 Å². The minimum Gasteiger partial charge on any atom is -0.464 e. The summed E-state index contributed by atoms with van der Waals surface area (Å²) in [6, 6.07) is 4.12. The maximum Gasteiger partial charge on any atom is 0.221 e. The highest BCUT2D eigenvalue weighted by atomic mass is 16.3. The largest absolute Gasteiger partial charge is 0.464 e. The van der Waals surface area contributed by atoms with Crippen LogP contribution in [-0.2, 0) is 11.2 Å². The Morgan fingerprint density at radius 3 is 2.81 bits per heavy atom. The molecule has 4 nitrogen and oxygen atoms in total. The van der Waals surface area contributed by atoms with E-state index in [0.29, 0.717) is 13.0 Å². The van der Waals surface area contributed by atoms with Crippen LogP contribution >= 0.6 is 0 Å². The molecular weight excluding hydrogens is 204 g/mol. The summed E-state index contributed by atoms with van der Waals surface area (Å²) >= 11 is 0. The summed E-state index contributed by atoms with van der Waals surface area (Å²) in [7, 11) is 1.64. The predicted octanol–water partition coefficient (Wildman–Crippen LogP) is 1.63. The molecule has 90 valence electrons. The molecule has 4 heteroatoms. The summed E-state index contributed by atoms with van der Waals surface area (Å²) in [5.41, 5.74) is 0. The van der Waals surface area contributed by atoms with Crippen LogP contribution in [-0.4, -0.2) is 19.5 Å². The number of amides is 1. The molecular formula is C12H20N2O2. The molecule has 1 atom stereocenters. The number of hydrogen-bond acceptors (Lipinski definition) is 3.